The lowest BCUT2D eigenvalue weighted by molar-refractivity contribution is -0.141. The Morgan fingerprint density at radius 1 is 1.45 bits per heavy atom. The molecule has 7 heteroatoms. The van der Waals surface area contributed by atoms with Crippen molar-refractivity contribution in [2.45, 2.75) is 23.7 Å². The highest BCUT2D eigenvalue weighted by Gasteiger charge is 2.18. The van der Waals surface area contributed by atoms with Crippen molar-refractivity contribution >= 4 is 45.2 Å². The average Bonchev–Trinajstić information content (AvgIpc) is 2.92. The number of hydrogen-bond donors (Lipinski definition) is 2. The van der Waals surface area contributed by atoms with Crippen molar-refractivity contribution in [2.75, 3.05) is 5.75 Å². The molecule has 1 unspecified atom stereocenters. The highest BCUT2D eigenvalue weighted by molar-refractivity contribution is 8.01. The van der Waals surface area contributed by atoms with Crippen LogP contribution in [0.2, 0.25) is 0 Å². The minimum atomic E-state index is -1.03. The normalized spacial score (nSPS) is 12.6. The molecule has 1 aromatic carbocycles. The molecule has 0 saturated carbocycles. The summed E-state index contributed by atoms with van der Waals surface area (Å²) in [6.45, 7) is 1.81. The average molecular weight is 336 g/mol. The van der Waals surface area contributed by atoms with Crippen LogP contribution in [0.1, 0.15) is 13.3 Å². The topological polar surface area (TPSA) is 79.3 Å². The highest BCUT2D eigenvalue weighted by atomic mass is 32.2. The van der Waals surface area contributed by atoms with Crippen LogP contribution in [0, 0.1) is 0 Å². The lowest BCUT2D eigenvalue weighted by Crippen LogP contribution is -2.41. The molecule has 0 aliphatic carbocycles. The van der Waals surface area contributed by atoms with Gasteiger partial charge in [-0.1, -0.05) is 36.0 Å². The number of thioether (sulfide) groups is 1. The number of aliphatic carboxylic acids is 1. The fraction of sp³-hybridized carbons (Fsp3) is 0.267. The standard InChI is InChI=1S/C15H16N2O3S2/c1-2-3-6-11(14(19)20)16-13(18)9-21-15-17-10-7-4-5-8-12(10)22-15/h2-5,7-8,11H,6,9H2,1H3,(H,16,18)(H,19,20)/b3-2+. The van der Waals surface area contributed by atoms with Crippen LogP contribution in [0.15, 0.2) is 40.8 Å². The third-order valence-corrected chi connectivity index (χ3v) is 5.02. The van der Waals surface area contributed by atoms with E-state index in [1.807, 2.05) is 31.2 Å². The minimum Gasteiger partial charge on any atom is -0.480 e. The smallest absolute Gasteiger partial charge is 0.326 e. The fourth-order valence-electron chi connectivity index (χ4n) is 1.77. The van der Waals surface area contributed by atoms with E-state index in [4.69, 9.17) is 5.11 Å². The predicted molar refractivity (Wildman–Crippen MR) is 89.3 cm³/mol. The molecule has 0 fully saturated rings. The van der Waals surface area contributed by atoms with Crippen LogP contribution in [-0.2, 0) is 9.59 Å². The van der Waals surface area contributed by atoms with Crippen LogP contribution < -0.4 is 5.32 Å². The Labute approximate surface area is 136 Å². The number of allylic oxidation sites excluding steroid dienone is 1. The number of rotatable bonds is 7. The van der Waals surface area contributed by atoms with Gasteiger partial charge in [-0.2, -0.15) is 0 Å². The van der Waals surface area contributed by atoms with Crippen LogP contribution in [0.3, 0.4) is 0 Å². The van der Waals surface area contributed by atoms with Crippen LogP contribution in [0.5, 0.6) is 0 Å². The van der Waals surface area contributed by atoms with Gasteiger partial charge in [0.15, 0.2) is 4.34 Å². The van der Waals surface area contributed by atoms with E-state index in [-0.39, 0.29) is 18.1 Å². The van der Waals surface area contributed by atoms with Crippen LogP contribution >= 0.6 is 23.1 Å². The van der Waals surface area contributed by atoms with E-state index in [1.54, 1.807) is 12.2 Å². The first-order valence-electron chi connectivity index (χ1n) is 6.72. The SMILES string of the molecule is C/C=C/CC(NC(=O)CSc1nc2ccccc2s1)C(=O)O. The minimum absolute atomic E-state index is 0.152. The van der Waals surface area contributed by atoms with Crippen molar-refractivity contribution in [1.82, 2.24) is 10.3 Å². The number of nitrogens with one attached hydrogen (secondary N) is 1. The van der Waals surface area contributed by atoms with Gasteiger partial charge in [-0.05, 0) is 25.5 Å². The van der Waals surface area contributed by atoms with Gasteiger partial charge in [0.1, 0.15) is 6.04 Å². The lowest BCUT2D eigenvalue weighted by atomic mass is 10.2. The van der Waals surface area contributed by atoms with E-state index in [0.29, 0.717) is 0 Å². The zero-order valence-corrected chi connectivity index (χ0v) is 13.6. The van der Waals surface area contributed by atoms with Crippen LogP contribution in [0.4, 0.5) is 0 Å². The third kappa shape index (κ3) is 4.57. The monoisotopic (exact) mass is 336 g/mol. The number of carboxylic acid groups (broad SMARTS) is 1. The maximum Gasteiger partial charge on any atom is 0.326 e. The summed E-state index contributed by atoms with van der Waals surface area (Å²) in [5.41, 5.74) is 0.909. The second-order valence-electron chi connectivity index (χ2n) is 4.50. The Kier molecular flexibility index (Phi) is 5.97. The third-order valence-electron chi connectivity index (χ3n) is 2.84. The Balaban J connectivity index is 1.89. The van der Waals surface area contributed by atoms with Gasteiger partial charge in [0.25, 0.3) is 0 Å². The predicted octanol–water partition coefficient (Wildman–Crippen LogP) is 2.92. The molecule has 5 nitrogen and oxygen atoms in total. The Hall–Kier alpha value is -1.86. The van der Waals surface area contributed by atoms with Gasteiger partial charge in [-0.25, -0.2) is 9.78 Å². The quantitative estimate of drug-likeness (QED) is 0.600. The van der Waals surface area contributed by atoms with E-state index in [1.165, 1.54) is 23.1 Å². The van der Waals surface area contributed by atoms with E-state index < -0.39 is 12.0 Å². The number of hydrogen-bond acceptors (Lipinski definition) is 5. The lowest BCUT2D eigenvalue weighted by Gasteiger charge is -2.11. The van der Waals surface area contributed by atoms with Crippen molar-refractivity contribution in [3.63, 3.8) is 0 Å². The Bertz CT molecular complexity index is 664. The maximum absolute atomic E-state index is 11.9. The van der Waals surface area contributed by atoms with E-state index in [0.717, 1.165) is 14.6 Å². The van der Waals surface area contributed by atoms with Crippen molar-refractivity contribution in [2.24, 2.45) is 0 Å². The van der Waals surface area contributed by atoms with Gasteiger partial charge in [0, 0.05) is 0 Å². The maximum atomic E-state index is 11.9. The van der Waals surface area contributed by atoms with Gasteiger partial charge in [-0.3, -0.25) is 4.79 Å². The number of carboxylic acids is 1. The zero-order chi connectivity index (χ0) is 15.9. The summed E-state index contributed by atoms with van der Waals surface area (Å²) in [5, 5.41) is 11.6. The first-order chi connectivity index (χ1) is 10.6. The fourth-order valence-corrected chi connectivity index (χ4v) is 3.65. The summed E-state index contributed by atoms with van der Waals surface area (Å²) < 4.78 is 1.87. The first-order valence-corrected chi connectivity index (χ1v) is 8.52. The van der Waals surface area contributed by atoms with E-state index >= 15 is 0 Å². The second kappa shape index (κ2) is 7.95. The van der Waals surface area contributed by atoms with Crippen molar-refractivity contribution in [1.29, 1.82) is 0 Å². The van der Waals surface area contributed by atoms with E-state index in [9.17, 15) is 9.59 Å². The molecule has 1 aromatic heterocycles. The molecule has 22 heavy (non-hydrogen) atoms. The number of para-hydroxylation sites is 1. The molecule has 2 aromatic rings. The number of aromatic nitrogens is 1. The summed E-state index contributed by atoms with van der Waals surface area (Å²) in [4.78, 5) is 27.4. The highest BCUT2D eigenvalue weighted by Crippen LogP contribution is 2.29. The molecule has 116 valence electrons. The number of carbonyl (C=O) groups is 2. The van der Waals surface area contributed by atoms with Crippen molar-refractivity contribution in [3.05, 3.63) is 36.4 Å². The molecular weight excluding hydrogens is 320 g/mol. The molecule has 0 saturated heterocycles. The number of amides is 1. The Morgan fingerprint density at radius 3 is 2.91 bits per heavy atom. The number of thiazole rings is 1. The molecule has 0 bridgehead atoms. The number of nitrogens with zero attached hydrogens (tertiary/aromatic N) is 1. The summed E-state index contributed by atoms with van der Waals surface area (Å²) in [7, 11) is 0. The van der Waals surface area contributed by atoms with Gasteiger partial charge < -0.3 is 10.4 Å². The molecule has 1 atom stereocenters. The molecular formula is C15H16N2O3S2. The second-order valence-corrected chi connectivity index (χ2v) is 6.75. The molecule has 0 aliphatic heterocycles. The van der Waals surface area contributed by atoms with Gasteiger partial charge >= 0.3 is 5.97 Å². The molecule has 1 heterocycles. The number of fused-ring (bicyclic) bond motifs is 1. The van der Waals surface area contributed by atoms with Crippen molar-refractivity contribution in [3.8, 4) is 0 Å². The molecule has 0 spiro atoms. The molecule has 1 amide bonds. The number of carbonyl (C=O) groups excluding carboxylic acids is 1. The first kappa shape index (κ1) is 16.5. The van der Waals surface area contributed by atoms with Gasteiger partial charge in [0.2, 0.25) is 5.91 Å². The molecule has 2 rings (SSSR count). The van der Waals surface area contributed by atoms with Crippen LogP contribution in [0.25, 0.3) is 10.2 Å². The molecule has 2 N–H and O–H groups in total. The van der Waals surface area contributed by atoms with Gasteiger partial charge in [0.05, 0.1) is 16.0 Å². The summed E-state index contributed by atoms with van der Waals surface area (Å²) in [5.74, 6) is -1.18. The molecule has 0 aliphatic rings. The summed E-state index contributed by atoms with van der Waals surface area (Å²) >= 11 is 2.84. The van der Waals surface area contributed by atoms with Crippen LogP contribution in [-0.4, -0.2) is 33.8 Å². The largest absolute Gasteiger partial charge is 0.480 e. The molecule has 0 radical (unpaired) electrons. The van der Waals surface area contributed by atoms with Crippen molar-refractivity contribution < 1.29 is 14.7 Å². The summed E-state index contributed by atoms with van der Waals surface area (Å²) in [6.07, 6.45) is 3.76. The van der Waals surface area contributed by atoms with E-state index in [2.05, 4.69) is 10.3 Å². The Morgan fingerprint density at radius 2 is 2.23 bits per heavy atom. The summed E-state index contributed by atoms with van der Waals surface area (Å²) in [6, 6.07) is 6.88. The number of benzene rings is 1. The zero-order valence-electron chi connectivity index (χ0n) is 12.0. The van der Waals surface area contributed by atoms with Gasteiger partial charge in [-0.15, -0.1) is 11.3 Å².